The Morgan fingerprint density at radius 1 is 1.34 bits per heavy atom. The van der Waals surface area contributed by atoms with Gasteiger partial charge in [0.15, 0.2) is 5.17 Å². The van der Waals surface area contributed by atoms with E-state index in [-0.39, 0.29) is 24.6 Å². The van der Waals surface area contributed by atoms with E-state index >= 15 is 0 Å². The molecule has 150 valence electrons. The Bertz CT molecular complexity index is 996. The molecular formula is C21H19ClFN3O2S. The van der Waals surface area contributed by atoms with Gasteiger partial charge in [-0.05, 0) is 36.8 Å². The third-order valence-electron chi connectivity index (χ3n) is 4.31. The molecule has 2 amide bonds. The highest BCUT2D eigenvalue weighted by molar-refractivity contribution is 8.15. The molecule has 0 aliphatic carbocycles. The summed E-state index contributed by atoms with van der Waals surface area (Å²) < 4.78 is 13.7. The van der Waals surface area contributed by atoms with E-state index in [9.17, 15) is 14.0 Å². The van der Waals surface area contributed by atoms with Gasteiger partial charge in [0, 0.05) is 18.0 Å². The Hall–Kier alpha value is -2.64. The first-order valence-corrected chi connectivity index (χ1v) is 10.1. The fourth-order valence-corrected chi connectivity index (χ4v) is 4.10. The minimum Gasteiger partial charge on any atom is -0.324 e. The standard InChI is InChI=1S/C21H19ClFN3O2S/c1-3-11-26-20(28)18(12-19(27)24-17-9-5-4-8-15(17)23)29-21(26)25-16-10-6-7-14(22)13(16)2/h3-10,18H,1,11-12H2,2H3,(H,24,27). The van der Waals surface area contributed by atoms with E-state index in [0.29, 0.717) is 15.9 Å². The minimum absolute atomic E-state index is 0.0827. The van der Waals surface area contributed by atoms with Gasteiger partial charge in [0.1, 0.15) is 11.1 Å². The number of rotatable bonds is 6. The highest BCUT2D eigenvalue weighted by atomic mass is 35.5. The number of hydrogen-bond donors (Lipinski definition) is 1. The lowest BCUT2D eigenvalue weighted by Gasteiger charge is -2.14. The van der Waals surface area contributed by atoms with E-state index in [1.54, 1.807) is 24.3 Å². The van der Waals surface area contributed by atoms with E-state index in [1.807, 2.05) is 13.0 Å². The molecule has 8 heteroatoms. The average molecular weight is 432 g/mol. The van der Waals surface area contributed by atoms with Crippen LogP contribution < -0.4 is 5.32 Å². The van der Waals surface area contributed by atoms with Crippen LogP contribution in [-0.2, 0) is 9.59 Å². The van der Waals surface area contributed by atoms with Gasteiger partial charge in [-0.15, -0.1) is 6.58 Å². The van der Waals surface area contributed by atoms with E-state index in [2.05, 4.69) is 16.9 Å². The Kier molecular flexibility index (Phi) is 6.71. The average Bonchev–Trinajstić information content (AvgIpc) is 2.96. The highest BCUT2D eigenvalue weighted by Gasteiger charge is 2.38. The summed E-state index contributed by atoms with van der Waals surface area (Å²) in [6, 6.07) is 11.2. The van der Waals surface area contributed by atoms with Crippen molar-refractivity contribution in [2.24, 2.45) is 4.99 Å². The summed E-state index contributed by atoms with van der Waals surface area (Å²) in [4.78, 5) is 31.2. The minimum atomic E-state index is -0.653. The second kappa shape index (κ2) is 9.24. The van der Waals surface area contributed by atoms with Gasteiger partial charge in [-0.2, -0.15) is 0 Å². The number of para-hydroxylation sites is 1. The zero-order valence-electron chi connectivity index (χ0n) is 15.7. The van der Waals surface area contributed by atoms with Gasteiger partial charge in [0.05, 0.1) is 11.4 Å². The number of amidine groups is 1. The Morgan fingerprint density at radius 2 is 2.10 bits per heavy atom. The van der Waals surface area contributed by atoms with Gasteiger partial charge < -0.3 is 5.32 Å². The van der Waals surface area contributed by atoms with Crippen molar-refractivity contribution < 1.29 is 14.0 Å². The molecule has 0 aromatic heterocycles. The molecule has 1 aliphatic heterocycles. The summed E-state index contributed by atoms with van der Waals surface area (Å²) in [5, 5.41) is 2.91. The summed E-state index contributed by atoms with van der Waals surface area (Å²) in [6.45, 7) is 5.80. The highest BCUT2D eigenvalue weighted by Crippen LogP contribution is 2.34. The number of aliphatic imine (C=N–C) groups is 1. The normalized spacial score (nSPS) is 17.6. The van der Waals surface area contributed by atoms with Crippen LogP contribution in [0.1, 0.15) is 12.0 Å². The Labute approximate surface area is 177 Å². The van der Waals surface area contributed by atoms with Crippen molar-refractivity contribution in [1.82, 2.24) is 4.90 Å². The molecule has 29 heavy (non-hydrogen) atoms. The Morgan fingerprint density at radius 3 is 2.83 bits per heavy atom. The van der Waals surface area contributed by atoms with Gasteiger partial charge in [-0.3, -0.25) is 14.5 Å². The number of hydrogen-bond acceptors (Lipinski definition) is 4. The van der Waals surface area contributed by atoms with E-state index in [0.717, 1.165) is 5.56 Å². The molecule has 5 nitrogen and oxygen atoms in total. The number of carbonyl (C=O) groups excluding carboxylic acids is 2. The van der Waals surface area contributed by atoms with Crippen LogP contribution in [0.5, 0.6) is 0 Å². The van der Waals surface area contributed by atoms with Crippen molar-refractivity contribution in [3.63, 3.8) is 0 Å². The first-order chi connectivity index (χ1) is 13.9. The summed E-state index contributed by atoms with van der Waals surface area (Å²) in [5.74, 6) is -1.21. The molecule has 2 aromatic rings. The lowest BCUT2D eigenvalue weighted by atomic mass is 10.2. The van der Waals surface area contributed by atoms with Crippen molar-refractivity contribution in [3.05, 3.63) is 71.5 Å². The van der Waals surface area contributed by atoms with E-state index in [1.165, 1.54) is 34.9 Å². The Balaban J connectivity index is 1.79. The third-order valence-corrected chi connectivity index (χ3v) is 5.89. The molecule has 0 radical (unpaired) electrons. The van der Waals surface area contributed by atoms with Gasteiger partial charge in [0.25, 0.3) is 0 Å². The molecule has 1 N–H and O–H groups in total. The van der Waals surface area contributed by atoms with Crippen molar-refractivity contribution in [3.8, 4) is 0 Å². The number of carbonyl (C=O) groups is 2. The second-order valence-electron chi connectivity index (χ2n) is 6.35. The molecule has 1 aliphatic rings. The van der Waals surface area contributed by atoms with Crippen molar-refractivity contribution in [2.45, 2.75) is 18.6 Å². The predicted octanol–water partition coefficient (Wildman–Crippen LogP) is 4.93. The van der Waals surface area contributed by atoms with Gasteiger partial charge in [-0.1, -0.05) is 47.6 Å². The fourth-order valence-electron chi connectivity index (χ4n) is 2.77. The molecule has 2 aromatic carbocycles. The number of nitrogens with zero attached hydrogens (tertiary/aromatic N) is 2. The summed E-state index contributed by atoms with van der Waals surface area (Å²) >= 11 is 7.36. The summed E-state index contributed by atoms with van der Waals surface area (Å²) in [7, 11) is 0. The first-order valence-electron chi connectivity index (χ1n) is 8.88. The van der Waals surface area contributed by atoms with Crippen molar-refractivity contribution in [1.29, 1.82) is 0 Å². The third kappa shape index (κ3) is 4.86. The zero-order valence-corrected chi connectivity index (χ0v) is 17.3. The zero-order chi connectivity index (χ0) is 21.0. The van der Waals surface area contributed by atoms with E-state index < -0.39 is 17.0 Å². The van der Waals surface area contributed by atoms with Crippen LogP contribution >= 0.6 is 23.4 Å². The summed E-state index contributed by atoms with van der Waals surface area (Å²) in [6.07, 6.45) is 1.50. The largest absolute Gasteiger partial charge is 0.324 e. The molecule has 1 saturated heterocycles. The van der Waals surface area contributed by atoms with Crippen LogP contribution in [0.15, 0.2) is 60.1 Å². The maximum Gasteiger partial charge on any atom is 0.242 e. The lowest BCUT2D eigenvalue weighted by Crippen LogP contribution is -2.33. The van der Waals surface area contributed by atoms with Crippen LogP contribution in [-0.4, -0.2) is 33.7 Å². The molecule has 1 unspecified atom stereocenters. The van der Waals surface area contributed by atoms with Gasteiger partial charge >= 0.3 is 0 Å². The molecule has 0 spiro atoms. The quantitative estimate of drug-likeness (QED) is 0.659. The van der Waals surface area contributed by atoms with Gasteiger partial charge in [-0.25, -0.2) is 9.38 Å². The van der Waals surface area contributed by atoms with Gasteiger partial charge in [0.2, 0.25) is 11.8 Å². The smallest absolute Gasteiger partial charge is 0.242 e. The van der Waals surface area contributed by atoms with Crippen molar-refractivity contribution >= 4 is 51.7 Å². The predicted molar refractivity (Wildman–Crippen MR) is 116 cm³/mol. The van der Waals surface area contributed by atoms with Crippen LogP contribution in [0.2, 0.25) is 5.02 Å². The fraction of sp³-hybridized carbons (Fsp3) is 0.190. The van der Waals surface area contributed by atoms with Crippen molar-refractivity contribution in [2.75, 3.05) is 11.9 Å². The first kappa shape index (κ1) is 21.1. The molecule has 3 rings (SSSR count). The second-order valence-corrected chi connectivity index (χ2v) is 7.93. The molecule has 1 heterocycles. The van der Waals surface area contributed by atoms with Crippen LogP contribution in [0, 0.1) is 12.7 Å². The molecule has 0 saturated carbocycles. The number of amides is 2. The number of halogens is 2. The lowest BCUT2D eigenvalue weighted by molar-refractivity contribution is -0.127. The maximum absolute atomic E-state index is 13.7. The SMILES string of the molecule is C=CCN1C(=O)C(CC(=O)Nc2ccccc2F)SC1=Nc1cccc(Cl)c1C. The van der Waals surface area contributed by atoms with Crippen LogP contribution in [0.4, 0.5) is 15.8 Å². The molecular weight excluding hydrogens is 413 g/mol. The van der Waals surface area contributed by atoms with Crippen LogP contribution in [0.3, 0.4) is 0 Å². The number of nitrogens with one attached hydrogen (secondary N) is 1. The molecule has 0 bridgehead atoms. The van der Waals surface area contributed by atoms with Crippen LogP contribution in [0.25, 0.3) is 0 Å². The summed E-state index contributed by atoms with van der Waals surface area (Å²) in [5.41, 5.74) is 1.53. The molecule has 1 atom stereocenters. The number of anilines is 1. The topological polar surface area (TPSA) is 61.8 Å². The monoisotopic (exact) mass is 431 g/mol. The van der Waals surface area contributed by atoms with E-state index in [4.69, 9.17) is 11.6 Å². The number of benzene rings is 2. The number of thioether (sulfide) groups is 1. The molecule has 1 fully saturated rings. The maximum atomic E-state index is 13.7.